The largest absolute Gasteiger partial charge is 0.295 e. The van der Waals surface area contributed by atoms with Gasteiger partial charge in [-0.15, -0.1) is 0 Å². The van der Waals surface area contributed by atoms with E-state index < -0.39 is 0 Å². The molecule has 1 aliphatic rings. The normalized spacial score (nSPS) is 17.2. The molecule has 76 valence electrons. The lowest BCUT2D eigenvalue weighted by Crippen LogP contribution is -1.80. The van der Waals surface area contributed by atoms with E-state index in [-0.39, 0.29) is 0 Å². The highest BCUT2D eigenvalue weighted by Gasteiger charge is 2.10. The van der Waals surface area contributed by atoms with E-state index in [1.165, 1.54) is 5.57 Å². The van der Waals surface area contributed by atoms with Crippen LogP contribution in [0.1, 0.15) is 39.0 Å². The summed E-state index contributed by atoms with van der Waals surface area (Å²) in [7, 11) is 0. The SMILES string of the molecule is C/C=C/C=C/CCCC1=CC(=O)CC1. The Kier molecular flexibility index (Phi) is 4.98. The number of unbranched alkanes of at least 4 members (excludes halogenated alkanes) is 1. The van der Waals surface area contributed by atoms with Crippen LogP contribution in [0.3, 0.4) is 0 Å². The standard InChI is InChI=1S/C13H18O/c1-2-3-4-5-6-7-8-12-9-10-13(14)11-12/h2-5,11H,6-10H2,1H3/b3-2+,5-4+. The number of ketones is 1. The molecule has 0 spiro atoms. The molecule has 0 unspecified atom stereocenters. The van der Waals surface area contributed by atoms with Crippen LogP contribution < -0.4 is 0 Å². The Morgan fingerprint density at radius 3 is 2.86 bits per heavy atom. The first-order chi connectivity index (χ1) is 6.83. The topological polar surface area (TPSA) is 17.1 Å². The van der Waals surface area contributed by atoms with Crippen LogP contribution >= 0.6 is 0 Å². The fourth-order valence-corrected chi connectivity index (χ4v) is 1.59. The van der Waals surface area contributed by atoms with Gasteiger partial charge in [-0.3, -0.25) is 4.79 Å². The van der Waals surface area contributed by atoms with Gasteiger partial charge in [0, 0.05) is 6.42 Å². The van der Waals surface area contributed by atoms with Crippen molar-refractivity contribution < 1.29 is 4.79 Å². The number of hydrogen-bond acceptors (Lipinski definition) is 1. The smallest absolute Gasteiger partial charge is 0.155 e. The van der Waals surface area contributed by atoms with Crippen molar-refractivity contribution in [3.63, 3.8) is 0 Å². The van der Waals surface area contributed by atoms with Crippen LogP contribution in [0, 0.1) is 0 Å². The van der Waals surface area contributed by atoms with Crippen LogP contribution in [-0.4, -0.2) is 5.78 Å². The van der Waals surface area contributed by atoms with E-state index in [0.717, 1.165) is 32.1 Å². The van der Waals surface area contributed by atoms with Crippen molar-refractivity contribution in [1.82, 2.24) is 0 Å². The zero-order valence-electron chi connectivity index (χ0n) is 8.83. The molecular weight excluding hydrogens is 172 g/mol. The van der Waals surface area contributed by atoms with Crippen molar-refractivity contribution in [2.24, 2.45) is 0 Å². The van der Waals surface area contributed by atoms with Crippen LogP contribution in [0.15, 0.2) is 36.0 Å². The van der Waals surface area contributed by atoms with Crippen molar-refractivity contribution in [2.45, 2.75) is 39.0 Å². The molecule has 0 aromatic carbocycles. The van der Waals surface area contributed by atoms with Gasteiger partial charge < -0.3 is 0 Å². The molecular formula is C13H18O. The van der Waals surface area contributed by atoms with Crippen LogP contribution in [0.25, 0.3) is 0 Å². The van der Waals surface area contributed by atoms with Crippen molar-refractivity contribution >= 4 is 5.78 Å². The molecule has 0 saturated carbocycles. The molecule has 1 nitrogen and oxygen atoms in total. The van der Waals surface area contributed by atoms with E-state index >= 15 is 0 Å². The van der Waals surface area contributed by atoms with Gasteiger partial charge in [-0.25, -0.2) is 0 Å². The molecule has 0 N–H and O–H groups in total. The molecule has 0 amide bonds. The molecule has 0 aliphatic heterocycles. The van der Waals surface area contributed by atoms with Gasteiger partial charge in [0.15, 0.2) is 5.78 Å². The molecule has 0 aromatic heterocycles. The summed E-state index contributed by atoms with van der Waals surface area (Å²) in [6.07, 6.45) is 15.2. The summed E-state index contributed by atoms with van der Waals surface area (Å²) in [5, 5.41) is 0. The summed E-state index contributed by atoms with van der Waals surface area (Å²) in [4.78, 5) is 10.9. The summed E-state index contributed by atoms with van der Waals surface area (Å²) in [6.45, 7) is 2.01. The highest BCUT2D eigenvalue weighted by molar-refractivity contribution is 5.92. The third kappa shape index (κ3) is 4.22. The van der Waals surface area contributed by atoms with Gasteiger partial charge in [0.2, 0.25) is 0 Å². The second kappa shape index (κ2) is 6.36. The van der Waals surface area contributed by atoms with Crippen molar-refractivity contribution in [3.05, 3.63) is 36.0 Å². The Balaban J connectivity index is 2.10. The first kappa shape index (κ1) is 11.0. The molecule has 0 radical (unpaired) electrons. The Morgan fingerprint density at radius 1 is 1.36 bits per heavy atom. The summed E-state index contributed by atoms with van der Waals surface area (Å²) in [5.41, 5.74) is 1.34. The Morgan fingerprint density at radius 2 is 2.21 bits per heavy atom. The van der Waals surface area contributed by atoms with Gasteiger partial charge in [-0.1, -0.05) is 29.9 Å². The quantitative estimate of drug-likeness (QED) is 0.478. The summed E-state index contributed by atoms with van der Waals surface area (Å²) in [5.74, 6) is 0.310. The summed E-state index contributed by atoms with van der Waals surface area (Å²) < 4.78 is 0. The maximum Gasteiger partial charge on any atom is 0.155 e. The van der Waals surface area contributed by atoms with Crippen molar-refractivity contribution in [3.8, 4) is 0 Å². The third-order valence-corrected chi connectivity index (χ3v) is 2.37. The first-order valence-electron chi connectivity index (χ1n) is 5.33. The Labute approximate surface area is 86.2 Å². The number of allylic oxidation sites excluding steroid dienone is 6. The van der Waals surface area contributed by atoms with Crippen LogP contribution in [0.2, 0.25) is 0 Å². The predicted octanol–water partition coefficient (Wildman–Crippen LogP) is 3.58. The number of carbonyl (C=O) groups is 1. The fraction of sp³-hybridized carbons (Fsp3) is 0.462. The van der Waals surface area contributed by atoms with E-state index in [2.05, 4.69) is 12.2 Å². The fourth-order valence-electron chi connectivity index (χ4n) is 1.59. The summed E-state index contributed by atoms with van der Waals surface area (Å²) >= 11 is 0. The molecule has 0 atom stereocenters. The van der Waals surface area contributed by atoms with E-state index in [9.17, 15) is 4.79 Å². The molecule has 0 aromatic rings. The third-order valence-electron chi connectivity index (χ3n) is 2.37. The molecule has 14 heavy (non-hydrogen) atoms. The highest BCUT2D eigenvalue weighted by Crippen LogP contribution is 2.20. The van der Waals surface area contributed by atoms with Gasteiger partial charge in [-0.2, -0.15) is 0 Å². The van der Waals surface area contributed by atoms with E-state index in [1.54, 1.807) is 0 Å². The van der Waals surface area contributed by atoms with Gasteiger partial charge in [0.1, 0.15) is 0 Å². The monoisotopic (exact) mass is 190 g/mol. The maximum atomic E-state index is 10.9. The average Bonchev–Trinajstić information content (AvgIpc) is 2.58. The first-order valence-corrected chi connectivity index (χ1v) is 5.33. The van der Waals surface area contributed by atoms with E-state index in [0.29, 0.717) is 5.78 Å². The minimum absolute atomic E-state index is 0.310. The van der Waals surface area contributed by atoms with Crippen molar-refractivity contribution in [1.29, 1.82) is 0 Å². The number of carbonyl (C=O) groups excluding carboxylic acids is 1. The van der Waals surface area contributed by atoms with Crippen LogP contribution in [0.5, 0.6) is 0 Å². The molecule has 0 heterocycles. The molecule has 0 bridgehead atoms. The van der Waals surface area contributed by atoms with Gasteiger partial charge >= 0.3 is 0 Å². The van der Waals surface area contributed by atoms with Gasteiger partial charge in [-0.05, 0) is 38.7 Å². The zero-order chi connectivity index (χ0) is 10.2. The number of rotatable bonds is 5. The number of hydrogen-bond donors (Lipinski definition) is 0. The highest BCUT2D eigenvalue weighted by atomic mass is 16.1. The molecule has 1 aliphatic carbocycles. The van der Waals surface area contributed by atoms with Gasteiger partial charge in [0.25, 0.3) is 0 Å². The average molecular weight is 190 g/mol. The lowest BCUT2D eigenvalue weighted by Gasteiger charge is -1.97. The lowest BCUT2D eigenvalue weighted by molar-refractivity contribution is -0.114. The molecule has 0 saturated heterocycles. The van der Waals surface area contributed by atoms with E-state index in [4.69, 9.17) is 0 Å². The summed E-state index contributed by atoms with van der Waals surface area (Å²) in [6, 6.07) is 0. The maximum absolute atomic E-state index is 10.9. The Hall–Kier alpha value is -1.11. The van der Waals surface area contributed by atoms with Gasteiger partial charge in [0.05, 0.1) is 0 Å². The van der Waals surface area contributed by atoms with E-state index in [1.807, 2.05) is 25.2 Å². The lowest BCUT2D eigenvalue weighted by atomic mass is 10.1. The predicted molar refractivity (Wildman–Crippen MR) is 60.1 cm³/mol. The van der Waals surface area contributed by atoms with Crippen molar-refractivity contribution in [2.75, 3.05) is 0 Å². The second-order valence-corrected chi connectivity index (χ2v) is 3.62. The molecule has 0 fully saturated rings. The zero-order valence-corrected chi connectivity index (χ0v) is 8.83. The minimum Gasteiger partial charge on any atom is -0.295 e. The molecule has 1 rings (SSSR count). The minimum atomic E-state index is 0.310. The van der Waals surface area contributed by atoms with Crippen LogP contribution in [0.4, 0.5) is 0 Å². The van der Waals surface area contributed by atoms with Crippen LogP contribution in [-0.2, 0) is 4.79 Å². The second-order valence-electron chi connectivity index (χ2n) is 3.62. The molecule has 1 heteroatoms. The Bertz CT molecular complexity index is 269.